The van der Waals surface area contributed by atoms with Gasteiger partial charge in [-0.15, -0.1) is 0 Å². The van der Waals surface area contributed by atoms with Crippen LogP contribution in [0.15, 0.2) is 71.5 Å². The van der Waals surface area contributed by atoms with Crippen molar-refractivity contribution in [2.45, 2.75) is 0 Å². The van der Waals surface area contributed by atoms with Gasteiger partial charge in [0.15, 0.2) is 0 Å². The molecule has 0 aliphatic carbocycles. The monoisotopic (exact) mass is 502 g/mol. The zero-order chi connectivity index (χ0) is 19.7. The van der Waals surface area contributed by atoms with Crippen LogP contribution in [0.5, 0.6) is 0 Å². The molecule has 0 bridgehead atoms. The van der Waals surface area contributed by atoms with Gasteiger partial charge in [-0.3, -0.25) is 9.36 Å². The molecular formula is C22H13ClFIN2O. The summed E-state index contributed by atoms with van der Waals surface area (Å²) in [5.41, 5.74) is 1.76. The molecule has 0 radical (unpaired) electrons. The van der Waals surface area contributed by atoms with E-state index in [0.717, 1.165) is 9.13 Å². The molecule has 0 saturated heterocycles. The van der Waals surface area contributed by atoms with Gasteiger partial charge in [-0.2, -0.15) is 0 Å². The smallest absolute Gasteiger partial charge is 0.266 e. The third kappa shape index (κ3) is 3.72. The highest BCUT2D eigenvalue weighted by Crippen LogP contribution is 2.22. The van der Waals surface area contributed by atoms with E-state index in [1.807, 2.05) is 30.3 Å². The van der Waals surface area contributed by atoms with Gasteiger partial charge in [0.25, 0.3) is 5.56 Å². The van der Waals surface area contributed by atoms with Crippen LogP contribution in [-0.2, 0) is 0 Å². The van der Waals surface area contributed by atoms with Crippen LogP contribution < -0.4 is 5.56 Å². The van der Waals surface area contributed by atoms with Crippen LogP contribution in [0.3, 0.4) is 0 Å². The van der Waals surface area contributed by atoms with E-state index >= 15 is 0 Å². The molecule has 0 N–H and O–H groups in total. The molecule has 1 aromatic heterocycles. The number of hydrogen-bond acceptors (Lipinski definition) is 2. The lowest BCUT2D eigenvalue weighted by atomic mass is 10.2. The van der Waals surface area contributed by atoms with E-state index in [9.17, 15) is 9.18 Å². The van der Waals surface area contributed by atoms with Crippen molar-refractivity contribution in [3.05, 3.63) is 103 Å². The fourth-order valence-corrected chi connectivity index (χ4v) is 3.61. The number of hydrogen-bond donors (Lipinski definition) is 0. The molecule has 28 heavy (non-hydrogen) atoms. The Hall–Kier alpha value is -2.51. The Morgan fingerprint density at radius 2 is 1.75 bits per heavy atom. The number of fused-ring (bicyclic) bond motifs is 1. The third-order valence-corrected chi connectivity index (χ3v) is 5.24. The first-order valence-electron chi connectivity index (χ1n) is 8.44. The number of benzene rings is 3. The predicted molar refractivity (Wildman–Crippen MR) is 120 cm³/mol. The lowest BCUT2D eigenvalue weighted by molar-refractivity contribution is 0.628. The first kappa shape index (κ1) is 18.8. The van der Waals surface area contributed by atoms with Crippen molar-refractivity contribution in [3.63, 3.8) is 0 Å². The Balaban J connectivity index is 1.97. The molecule has 0 aliphatic heterocycles. The van der Waals surface area contributed by atoms with Crippen LogP contribution in [-0.4, -0.2) is 9.55 Å². The number of nitrogens with zero attached hydrogens (tertiary/aromatic N) is 2. The van der Waals surface area contributed by atoms with Crippen LogP contribution in [0.25, 0.3) is 28.7 Å². The van der Waals surface area contributed by atoms with Crippen LogP contribution in [0.2, 0.25) is 5.02 Å². The number of para-hydroxylation sites is 1. The highest BCUT2D eigenvalue weighted by atomic mass is 127. The lowest BCUT2D eigenvalue weighted by Crippen LogP contribution is -2.22. The molecular weight excluding hydrogens is 490 g/mol. The van der Waals surface area contributed by atoms with E-state index in [2.05, 4.69) is 27.6 Å². The average Bonchev–Trinajstić information content (AvgIpc) is 2.69. The molecule has 4 aromatic rings. The summed E-state index contributed by atoms with van der Waals surface area (Å²) in [4.78, 5) is 18.0. The van der Waals surface area contributed by atoms with E-state index in [4.69, 9.17) is 11.6 Å². The molecule has 0 amide bonds. The Labute approximate surface area is 179 Å². The van der Waals surface area contributed by atoms with E-state index < -0.39 is 0 Å². The lowest BCUT2D eigenvalue weighted by Gasteiger charge is -2.13. The molecule has 0 fully saturated rings. The molecule has 3 aromatic carbocycles. The summed E-state index contributed by atoms with van der Waals surface area (Å²) in [5.74, 6) is 0.139. The van der Waals surface area contributed by atoms with Gasteiger partial charge >= 0.3 is 0 Å². The summed E-state index contributed by atoms with van der Waals surface area (Å²) in [5, 5.41) is 0.971. The predicted octanol–water partition coefficient (Wildman–Crippen LogP) is 5.95. The Morgan fingerprint density at radius 1 is 1.00 bits per heavy atom. The molecule has 1 heterocycles. The second kappa shape index (κ2) is 7.85. The summed E-state index contributed by atoms with van der Waals surface area (Å²) in [6, 6.07) is 18.8. The van der Waals surface area contributed by atoms with Gasteiger partial charge in [0, 0.05) is 3.57 Å². The van der Waals surface area contributed by atoms with Gasteiger partial charge < -0.3 is 0 Å². The van der Waals surface area contributed by atoms with Crippen molar-refractivity contribution in [3.8, 4) is 5.69 Å². The second-order valence-corrected chi connectivity index (χ2v) is 7.76. The summed E-state index contributed by atoms with van der Waals surface area (Å²) in [6.07, 6.45) is 3.52. The highest BCUT2D eigenvalue weighted by Gasteiger charge is 2.13. The summed E-state index contributed by atoms with van der Waals surface area (Å²) in [7, 11) is 0. The Bertz CT molecular complexity index is 1270. The first-order valence-corrected chi connectivity index (χ1v) is 9.89. The van der Waals surface area contributed by atoms with Crippen molar-refractivity contribution in [1.29, 1.82) is 0 Å². The molecule has 0 spiro atoms. The minimum absolute atomic E-state index is 0.199. The van der Waals surface area contributed by atoms with E-state index in [1.165, 1.54) is 16.7 Å². The topological polar surface area (TPSA) is 34.9 Å². The van der Waals surface area contributed by atoms with Crippen LogP contribution in [0.4, 0.5) is 4.39 Å². The van der Waals surface area contributed by atoms with Crippen molar-refractivity contribution in [2.75, 3.05) is 0 Å². The maximum absolute atomic E-state index is 13.3. The minimum atomic E-state index is -0.302. The van der Waals surface area contributed by atoms with Crippen LogP contribution >= 0.6 is 34.2 Å². The van der Waals surface area contributed by atoms with Gasteiger partial charge in [-0.1, -0.05) is 41.9 Å². The Kier molecular flexibility index (Phi) is 5.28. The first-order chi connectivity index (χ1) is 13.5. The maximum atomic E-state index is 13.3. The largest absolute Gasteiger partial charge is 0.268 e. The van der Waals surface area contributed by atoms with E-state index in [0.29, 0.717) is 27.4 Å². The zero-order valence-corrected chi connectivity index (χ0v) is 17.4. The molecule has 4 rings (SSSR count). The second-order valence-electron chi connectivity index (χ2n) is 6.11. The minimum Gasteiger partial charge on any atom is -0.268 e. The summed E-state index contributed by atoms with van der Waals surface area (Å²) >= 11 is 8.53. The molecule has 138 valence electrons. The summed E-state index contributed by atoms with van der Waals surface area (Å²) < 4.78 is 15.6. The van der Waals surface area contributed by atoms with E-state index in [-0.39, 0.29) is 11.4 Å². The van der Waals surface area contributed by atoms with Gasteiger partial charge in [0.1, 0.15) is 11.6 Å². The maximum Gasteiger partial charge on any atom is 0.266 e. The molecule has 6 heteroatoms. The highest BCUT2D eigenvalue weighted by molar-refractivity contribution is 14.1. The molecule has 0 unspecified atom stereocenters. The standard InChI is InChI=1S/C22H13ClFIN2O/c23-18-3-1-2-4-20(18)27-21(12-7-14-5-8-15(24)9-6-14)26-19-11-10-16(25)13-17(19)22(27)28/h1-13H/b12-7+. The van der Waals surface area contributed by atoms with E-state index in [1.54, 1.807) is 36.4 Å². The van der Waals surface area contributed by atoms with Crippen molar-refractivity contribution >= 4 is 57.2 Å². The van der Waals surface area contributed by atoms with Crippen molar-refractivity contribution in [1.82, 2.24) is 9.55 Å². The van der Waals surface area contributed by atoms with Crippen LogP contribution in [0, 0.1) is 9.39 Å². The molecule has 0 saturated carbocycles. The van der Waals surface area contributed by atoms with Crippen molar-refractivity contribution in [2.24, 2.45) is 0 Å². The molecule has 3 nitrogen and oxygen atoms in total. The van der Waals surface area contributed by atoms with Crippen molar-refractivity contribution < 1.29 is 4.39 Å². The normalized spacial score (nSPS) is 11.4. The Morgan fingerprint density at radius 3 is 2.50 bits per heavy atom. The van der Waals surface area contributed by atoms with Gasteiger partial charge in [-0.05, 0) is 76.7 Å². The summed E-state index contributed by atoms with van der Waals surface area (Å²) in [6.45, 7) is 0. The zero-order valence-electron chi connectivity index (χ0n) is 14.4. The van der Waals surface area contributed by atoms with Gasteiger partial charge in [0.05, 0.1) is 21.6 Å². The number of halogens is 3. The molecule has 0 atom stereocenters. The average molecular weight is 503 g/mol. The molecule has 0 aliphatic rings. The number of rotatable bonds is 3. The van der Waals surface area contributed by atoms with Gasteiger partial charge in [0.2, 0.25) is 0 Å². The fraction of sp³-hybridized carbons (Fsp3) is 0. The van der Waals surface area contributed by atoms with Crippen LogP contribution in [0.1, 0.15) is 11.4 Å². The van der Waals surface area contributed by atoms with Gasteiger partial charge in [-0.25, -0.2) is 9.37 Å². The quantitative estimate of drug-likeness (QED) is 0.324. The fourth-order valence-electron chi connectivity index (χ4n) is 2.90. The number of aromatic nitrogens is 2. The SMILES string of the molecule is O=c1c2cc(I)ccc2nc(/C=C/c2ccc(F)cc2)n1-c1ccccc1Cl. The third-order valence-electron chi connectivity index (χ3n) is 4.24.